The van der Waals surface area contributed by atoms with Crippen molar-refractivity contribution >= 4 is 0 Å². The predicted molar refractivity (Wildman–Crippen MR) is 89.4 cm³/mol. The van der Waals surface area contributed by atoms with Crippen molar-refractivity contribution in [3.05, 3.63) is 0 Å². The van der Waals surface area contributed by atoms with Gasteiger partial charge in [0.25, 0.3) is 0 Å². The Morgan fingerprint density at radius 1 is 1.19 bits per heavy atom. The number of rotatable bonds is 8. The number of nitrogens with one attached hydrogen (secondary N) is 1. The van der Waals surface area contributed by atoms with Gasteiger partial charge in [0.2, 0.25) is 0 Å². The van der Waals surface area contributed by atoms with Gasteiger partial charge < -0.3 is 10.4 Å². The SMILES string of the molecule is CNC1CCC(C(C)C)CC1CN(CCCO)C1CCC1. The summed E-state index contributed by atoms with van der Waals surface area (Å²) in [5.74, 6) is 2.51. The molecule has 21 heavy (non-hydrogen) atoms. The van der Waals surface area contributed by atoms with Gasteiger partial charge in [-0.2, -0.15) is 0 Å². The van der Waals surface area contributed by atoms with Crippen LogP contribution < -0.4 is 5.32 Å². The molecular formula is C18H36N2O. The fraction of sp³-hybridized carbons (Fsp3) is 1.00. The molecule has 2 N–H and O–H groups in total. The highest BCUT2D eigenvalue weighted by Gasteiger charge is 2.34. The number of aliphatic hydroxyl groups excluding tert-OH is 1. The molecule has 0 heterocycles. The first-order valence-corrected chi connectivity index (χ1v) is 9.17. The van der Waals surface area contributed by atoms with Gasteiger partial charge in [0.05, 0.1) is 0 Å². The van der Waals surface area contributed by atoms with Crippen LogP contribution in [0.15, 0.2) is 0 Å². The Hall–Kier alpha value is -0.120. The fourth-order valence-corrected chi connectivity index (χ4v) is 4.24. The predicted octanol–water partition coefficient (Wildman–Crippen LogP) is 2.88. The molecule has 2 aliphatic carbocycles. The van der Waals surface area contributed by atoms with Crippen molar-refractivity contribution < 1.29 is 5.11 Å². The summed E-state index contributed by atoms with van der Waals surface area (Å²) in [6, 6.07) is 1.49. The Morgan fingerprint density at radius 3 is 2.48 bits per heavy atom. The van der Waals surface area contributed by atoms with Crippen LogP contribution in [0.2, 0.25) is 0 Å². The average Bonchev–Trinajstić information content (AvgIpc) is 2.42. The molecule has 3 unspecified atom stereocenters. The van der Waals surface area contributed by atoms with E-state index in [-0.39, 0.29) is 0 Å². The second-order valence-corrected chi connectivity index (χ2v) is 7.63. The van der Waals surface area contributed by atoms with Crippen LogP contribution in [-0.2, 0) is 0 Å². The van der Waals surface area contributed by atoms with Crippen molar-refractivity contribution in [1.29, 1.82) is 0 Å². The highest BCUT2D eigenvalue weighted by molar-refractivity contribution is 4.89. The molecule has 0 aromatic carbocycles. The Bertz CT molecular complexity index is 291. The summed E-state index contributed by atoms with van der Waals surface area (Å²) in [6.07, 6.45) is 9.18. The minimum absolute atomic E-state index is 0.331. The van der Waals surface area contributed by atoms with Gasteiger partial charge in [0.1, 0.15) is 0 Å². The van der Waals surface area contributed by atoms with Gasteiger partial charge >= 0.3 is 0 Å². The first-order valence-electron chi connectivity index (χ1n) is 9.17. The molecular weight excluding hydrogens is 260 g/mol. The molecule has 0 radical (unpaired) electrons. The monoisotopic (exact) mass is 296 g/mol. The van der Waals surface area contributed by atoms with Gasteiger partial charge in [-0.3, -0.25) is 4.90 Å². The third-order valence-corrected chi connectivity index (χ3v) is 6.00. The zero-order valence-electron chi connectivity index (χ0n) is 14.4. The van der Waals surface area contributed by atoms with E-state index >= 15 is 0 Å². The molecule has 3 nitrogen and oxygen atoms in total. The normalized spacial score (nSPS) is 30.9. The van der Waals surface area contributed by atoms with Crippen LogP contribution >= 0.6 is 0 Å². The van der Waals surface area contributed by atoms with Crippen LogP contribution in [0.4, 0.5) is 0 Å². The molecule has 0 aromatic heterocycles. The van der Waals surface area contributed by atoms with Crippen LogP contribution in [0.3, 0.4) is 0 Å². The quantitative estimate of drug-likeness (QED) is 0.723. The Labute approximate surface area is 131 Å². The van der Waals surface area contributed by atoms with E-state index < -0.39 is 0 Å². The highest BCUT2D eigenvalue weighted by atomic mass is 16.3. The van der Waals surface area contributed by atoms with Crippen LogP contribution in [0.5, 0.6) is 0 Å². The van der Waals surface area contributed by atoms with Crippen LogP contribution in [0.1, 0.15) is 58.8 Å². The van der Waals surface area contributed by atoms with E-state index in [1.165, 1.54) is 45.1 Å². The molecule has 2 rings (SSSR count). The largest absolute Gasteiger partial charge is 0.396 e. The van der Waals surface area contributed by atoms with E-state index in [0.29, 0.717) is 12.6 Å². The zero-order chi connectivity index (χ0) is 15.2. The maximum absolute atomic E-state index is 9.17. The van der Waals surface area contributed by atoms with Crippen molar-refractivity contribution in [1.82, 2.24) is 10.2 Å². The Balaban J connectivity index is 1.93. The molecule has 3 atom stereocenters. The number of hydrogen-bond acceptors (Lipinski definition) is 3. The smallest absolute Gasteiger partial charge is 0.0443 e. The minimum atomic E-state index is 0.331. The Kier molecular flexibility index (Phi) is 6.97. The Morgan fingerprint density at radius 2 is 1.95 bits per heavy atom. The van der Waals surface area contributed by atoms with E-state index in [1.54, 1.807) is 0 Å². The summed E-state index contributed by atoms with van der Waals surface area (Å²) in [4.78, 5) is 2.69. The summed E-state index contributed by atoms with van der Waals surface area (Å²) in [5, 5.41) is 12.7. The lowest BCUT2D eigenvalue weighted by atomic mass is 9.73. The first kappa shape index (κ1) is 17.2. The van der Waals surface area contributed by atoms with Crippen molar-refractivity contribution in [3.8, 4) is 0 Å². The molecule has 0 amide bonds. The lowest BCUT2D eigenvalue weighted by Crippen LogP contribution is -2.49. The standard InChI is InChI=1S/C18H36N2O/c1-14(2)15-8-9-18(19-3)16(12-15)13-20(10-5-11-21)17-6-4-7-17/h14-19,21H,4-13H2,1-3H3. The van der Waals surface area contributed by atoms with Crippen LogP contribution in [0.25, 0.3) is 0 Å². The van der Waals surface area contributed by atoms with Gasteiger partial charge in [0.15, 0.2) is 0 Å². The summed E-state index contributed by atoms with van der Waals surface area (Å²) < 4.78 is 0. The van der Waals surface area contributed by atoms with E-state index in [2.05, 4.69) is 31.1 Å². The molecule has 0 bridgehead atoms. The summed E-state index contributed by atoms with van der Waals surface area (Å²) in [7, 11) is 2.13. The van der Waals surface area contributed by atoms with Gasteiger partial charge in [0, 0.05) is 31.8 Å². The molecule has 3 heteroatoms. The van der Waals surface area contributed by atoms with Gasteiger partial charge in [-0.15, -0.1) is 0 Å². The first-order chi connectivity index (χ1) is 10.2. The minimum Gasteiger partial charge on any atom is -0.396 e. The van der Waals surface area contributed by atoms with Gasteiger partial charge in [-0.25, -0.2) is 0 Å². The zero-order valence-corrected chi connectivity index (χ0v) is 14.4. The molecule has 124 valence electrons. The number of aliphatic hydroxyl groups is 1. The summed E-state index contributed by atoms with van der Waals surface area (Å²) in [5.41, 5.74) is 0. The van der Waals surface area contributed by atoms with Crippen LogP contribution in [-0.4, -0.2) is 48.8 Å². The van der Waals surface area contributed by atoms with Crippen molar-refractivity contribution in [2.24, 2.45) is 17.8 Å². The van der Waals surface area contributed by atoms with Gasteiger partial charge in [-0.05, 0) is 63.3 Å². The average molecular weight is 296 g/mol. The topological polar surface area (TPSA) is 35.5 Å². The molecule has 2 fully saturated rings. The van der Waals surface area contributed by atoms with E-state index in [0.717, 1.165) is 36.8 Å². The lowest BCUT2D eigenvalue weighted by Gasteiger charge is -2.44. The third kappa shape index (κ3) is 4.67. The maximum atomic E-state index is 9.17. The van der Waals surface area contributed by atoms with Gasteiger partial charge in [-0.1, -0.05) is 20.3 Å². The highest BCUT2D eigenvalue weighted by Crippen LogP contribution is 2.35. The molecule has 0 aromatic rings. The lowest BCUT2D eigenvalue weighted by molar-refractivity contribution is 0.0650. The van der Waals surface area contributed by atoms with Crippen molar-refractivity contribution in [2.45, 2.75) is 70.9 Å². The second kappa shape index (κ2) is 8.50. The van der Waals surface area contributed by atoms with Crippen molar-refractivity contribution in [2.75, 3.05) is 26.7 Å². The van der Waals surface area contributed by atoms with E-state index in [1.807, 2.05) is 0 Å². The van der Waals surface area contributed by atoms with Crippen LogP contribution in [0, 0.1) is 17.8 Å². The maximum Gasteiger partial charge on any atom is 0.0443 e. The molecule has 2 saturated carbocycles. The summed E-state index contributed by atoms with van der Waals surface area (Å²) in [6.45, 7) is 7.42. The molecule has 0 aliphatic heterocycles. The van der Waals surface area contributed by atoms with E-state index in [9.17, 15) is 0 Å². The second-order valence-electron chi connectivity index (χ2n) is 7.63. The summed E-state index contributed by atoms with van der Waals surface area (Å²) >= 11 is 0. The number of hydrogen-bond donors (Lipinski definition) is 2. The fourth-order valence-electron chi connectivity index (χ4n) is 4.24. The number of nitrogens with zero attached hydrogens (tertiary/aromatic N) is 1. The third-order valence-electron chi connectivity index (χ3n) is 6.00. The van der Waals surface area contributed by atoms with E-state index in [4.69, 9.17) is 5.11 Å². The molecule has 2 aliphatic rings. The van der Waals surface area contributed by atoms with Crippen molar-refractivity contribution in [3.63, 3.8) is 0 Å². The molecule has 0 saturated heterocycles. The molecule has 0 spiro atoms.